The zero-order valence-corrected chi connectivity index (χ0v) is 10.5. The summed E-state index contributed by atoms with van der Waals surface area (Å²) in [6, 6.07) is 7.15. The van der Waals surface area contributed by atoms with E-state index < -0.39 is 29.8 Å². The Labute approximate surface area is 116 Å². The van der Waals surface area contributed by atoms with Gasteiger partial charge >= 0.3 is 6.36 Å². The van der Waals surface area contributed by atoms with Crippen LogP contribution in [0.3, 0.4) is 0 Å². The first-order chi connectivity index (χ1) is 9.78. The van der Waals surface area contributed by atoms with E-state index in [9.17, 15) is 22.0 Å². The fourth-order valence-corrected chi connectivity index (χ4v) is 1.85. The topological polar surface area (TPSA) is 35.2 Å². The highest BCUT2D eigenvalue weighted by Gasteiger charge is 2.31. The van der Waals surface area contributed by atoms with Gasteiger partial charge in [-0.05, 0) is 23.8 Å². The summed E-state index contributed by atoms with van der Waals surface area (Å²) in [7, 11) is 0. The number of benzene rings is 2. The summed E-state index contributed by atoms with van der Waals surface area (Å²) >= 11 is 0. The van der Waals surface area contributed by atoms with E-state index in [0.29, 0.717) is 0 Å². The van der Waals surface area contributed by atoms with Crippen molar-refractivity contribution in [3.05, 3.63) is 65.2 Å². The van der Waals surface area contributed by atoms with E-state index in [2.05, 4.69) is 4.74 Å². The van der Waals surface area contributed by atoms with E-state index >= 15 is 0 Å². The second kappa shape index (κ2) is 5.69. The third kappa shape index (κ3) is 3.69. The van der Waals surface area contributed by atoms with Gasteiger partial charge in [0.25, 0.3) is 0 Å². The normalized spacial score (nSPS) is 13.0. The van der Waals surface area contributed by atoms with E-state index in [1.165, 1.54) is 24.3 Å². The Morgan fingerprint density at radius 1 is 1.00 bits per heavy atom. The van der Waals surface area contributed by atoms with E-state index in [0.717, 1.165) is 18.2 Å². The lowest BCUT2D eigenvalue weighted by Crippen LogP contribution is -2.18. The zero-order valence-electron chi connectivity index (χ0n) is 10.5. The van der Waals surface area contributed by atoms with Gasteiger partial charge in [0.15, 0.2) is 11.6 Å². The van der Waals surface area contributed by atoms with Crippen LogP contribution in [-0.4, -0.2) is 6.36 Å². The van der Waals surface area contributed by atoms with E-state index in [-0.39, 0.29) is 11.1 Å². The van der Waals surface area contributed by atoms with Gasteiger partial charge in [-0.3, -0.25) is 0 Å². The van der Waals surface area contributed by atoms with Gasteiger partial charge in [0.2, 0.25) is 0 Å². The molecule has 0 heterocycles. The average Bonchev–Trinajstić information content (AvgIpc) is 2.39. The van der Waals surface area contributed by atoms with Crippen LogP contribution in [0, 0.1) is 11.6 Å². The van der Waals surface area contributed by atoms with E-state index in [1.54, 1.807) is 0 Å². The Kier molecular flexibility index (Phi) is 4.13. The minimum absolute atomic E-state index is 0.154. The Morgan fingerprint density at radius 3 is 2.33 bits per heavy atom. The van der Waals surface area contributed by atoms with Gasteiger partial charge in [-0.1, -0.05) is 24.3 Å². The molecule has 0 saturated carbocycles. The molecule has 0 saturated heterocycles. The average molecular weight is 303 g/mol. The van der Waals surface area contributed by atoms with Crippen LogP contribution in [0.15, 0.2) is 42.5 Å². The van der Waals surface area contributed by atoms with Crippen LogP contribution >= 0.6 is 0 Å². The number of hydrogen-bond acceptors (Lipinski definition) is 2. The number of hydrogen-bond donors (Lipinski definition) is 1. The molecule has 0 aromatic heterocycles. The Hall–Kier alpha value is -2.15. The maximum absolute atomic E-state index is 13.6. The van der Waals surface area contributed by atoms with Crippen LogP contribution in [0.25, 0.3) is 0 Å². The van der Waals surface area contributed by atoms with Gasteiger partial charge in [-0.25, -0.2) is 8.78 Å². The monoisotopic (exact) mass is 303 g/mol. The fourth-order valence-electron chi connectivity index (χ4n) is 1.85. The molecular formula is C14H10F5NO. The molecule has 2 N–H and O–H groups in total. The molecule has 0 aliphatic carbocycles. The van der Waals surface area contributed by atoms with E-state index in [4.69, 9.17) is 5.73 Å². The highest BCUT2D eigenvalue weighted by atomic mass is 19.4. The molecule has 21 heavy (non-hydrogen) atoms. The first-order valence-electron chi connectivity index (χ1n) is 5.83. The summed E-state index contributed by atoms with van der Waals surface area (Å²) in [5, 5.41) is 0. The number of ether oxygens (including phenoxy) is 1. The lowest BCUT2D eigenvalue weighted by atomic mass is 9.99. The van der Waals surface area contributed by atoms with Crippen molar-refractivity contribution in [3.63, 3.8) is 0 Å². The molecule has 0 aliphatic rings. The highest BCUT2D eigenvalue weighted by molar-refractivity contribution is 5.37. The van der Waals surface area contributed by atoms with E-state index in [1.807, 2.05) is 0 Å². The standard InChI is InChI=1S/C14H10F5NO/c15-11-6-2-5-10(12(11)16)13(20)8-3-1-4-9(7-8)21-14(17,18)19/h1-7,13H,20H2. The maximum atomic E-state index is 13.6. The van der Waals surface area contributed by atoms with Crippen LogP contribution in [0.4, 0.5) is 22.0 Å². The Bertz CT molecular complexity index is 642. The van der Waals surface area contributed by atoms with Crippen LogP contribution in [0.5, 0.6) is 5.75 Å². The van der Waals surface area contributed by atoms with Gasteiger partial charge in [0, 0.05) is 5.56 Å². The van der Waals surface area contributed by atoms with Gasteiger partial charge in [-0.15, -0.1) is 13.2 Å². The summed E-state index contributed by atoms with van der Waals surface area (Å²) in [6.07, 6.45) is -4.84. The molecule has 0 aliphatic heterocycles. The lowest BCUT2D eigenvalue weighted by Gasteiger charge is -2.15. The van der Waals surface area contributed by atoms with Crippen molar-refractivity contribution < 1.29 is 26.7 Å². The number of rotatable bonds is 3. The predicted molar refractivity (Wildman–Crippen MR) is 65.5 cm³/mol. The molecule has 1 atom stereocenters. The van der Waals surface area contributed by atoms with Crippen molar-refractivity contribution >= 4 is 0 Å². The summed E-state index contributed by atoms with van der Waals surface area (Å²) in [5.74, 6) is -2.69. The molecule has 0 bridgehead atoms. The van der Waals surface area contributed by atoms with Crippen molar-refractivity contribution in [3.8, 4) is 5.75 Å². The van der Waals surface area contributed by atoms with Gasteiger partial charge < -0.3 is 10.5 Å². The molecule has 0 spiro atoms. The van der Waals surface area contributed by atoms with Crippen molar-refractivity contribution in [1.29, 1.82) is 0 Å². The highest BCUT2D eigenvalue weighted by Crippen LogP contribution is 2.28. The minimum Gasteiger partial charge on any atom is -0.406 e. The van der Waals surface area contributed by atoms with Crippen molar-refractivity contribution in [2.24, 2.45) is 5.73 Å². The summed E-state index contributed by atoms with van der Waals surface area (Å²) in [4.78, 5) is 0. The third-order valence-electron chi connectivity index (χ3n) is 2.77. The molecule has 0 fully saturated rings. The van der Waals surface area contributed by atoms with Crippen LogP contribution in [0.2, 0.25) is 0 Å². The largest absolute Gasteiger partial charge is 0.573 e. The lowest BCUT2D eigenvalue weighted by molar-refractivity contribution is -0.274. The van der Waals surface area contributed by atoms with Gasteiger partial charge in [-0.2, -0.15) is 0 Å². The SMILES string of the molecule is NC(c1cccc(OC(F)(F)F)c1)c1cccc(F)c1F. The first kappa shape index (κ1) is 15.2. The maximum Gasteiger partial charge on any atom is 0.573 e. The zero-order chi connectivity index (χ0) is 15.6. The smallest absolute Gasteiger partial charge is 0.406 e. The molecule has 7 heteroatoms. The summed E-state index contributed by atoms with van der Waals surface area (Å²) < 4.78 is 67.0. The van der Waals surface area contributed by atoms with Crippen molar-refractivity contribution in [1.82, 2.24) is 0 Å². The second-order valence-corrected chi connectivity index (χ2v) is 4.24. The summed E-state index contributed by atoms with van der Waals surface area (Å²) in [6.45, 7) is 0. The van der Waals surface area contributed by atoms with Gasteiger partial charge in [0.1, 0.15) is 5.75 Å². The van der Waals surface area contributed by atoms with Crippen LogP contribution in [-0.2, 0) is 0 Å². The van der Waals surface area contributed by atoms with Gasteiger partial charge in [0.05, 0.1) is 6.04 Å². The first-order valence-corrected chi connectivity index (χ1v) is 5.83. The number of alkyl halides is 3. The molecule has 2 aromatic carbocycles. The molecule has 2 aromatic rings. The minimum atomic E-state index is -4.84. The van der Waals surface area contributed by atoms with Crippen LogP contribution < -0.4 is 10.5 Å². The molecule has 2 rings (SSSR count). The number of nitrogens with two attached hydrogens (primary N) is 1. The summed E-state index contributed by atoms with van der Waals surface area (Å²) in [5.41, 5.74) is 5.79. The fraction of sp³-hybridized carbons (Fsp3) is 0.143. The predicted octanol–water partition coefficient (Wildman–Crippen LogP) is 3.91. The third-order valence-corrected chi connectivity index (χ3v) is 2.77. The molecule has 0 amide bonds. The van der Waals surface area contributed by atoms with Crippen molar-refractivity contribution in [2.45, 2.75) is 12.4 Å². The quantitative estimate of drug-likeness (QED) is 0.873. The molecule has 0 radical (unpaired) electrons. The van der Waals surface area contributed by atoms with Crippen LogP contribution in [0.1, 0.15) is 17.2 Å². The molecule has 2 nitrogen and oxygen atoms in total. The molecule has 1 unspecified atom stereocenters. The molecular weight excluding hydrogens is 293 g/mol. The Balaban J connectivity index is 2.33. The van der Waals surface area contributed by atoms with Crippen molar-refractivity contribution in [2.75, 3.05) is 0 Å². The Morgan fingerprint density at radius 2 is 1.67 bits per heavy atom. The second-order valence-electron chi connectivity index (χ2n) is 4.24. The molecule has 112 valence electrons. The number of halogens is 5.